The highest BCUT2D eigenvalue weighted by molar-refractivity contribution is 6.31. The zero-order valence-corrected chi connectivity index (χ0v) is 32.1. The number of esters is 1. The number of aryl methyl sites for hydroxylation is 1. The molecule has 2 amide bonds. The lowest BCUT2D eigenvalue weighted by molar-refractivity contribution is -0.171. The highest BCUT2D eigenvalue weighted by Crippen LogP contribution is 2.48. The zero-order valence-electron chi connectivity index (χ0n) is 31.3. The van der Waals surface area contributed by atoms with Gasteiger partial charge < -0.3 is 28.7 Å². The molecule has 18 heteroatoms. The van der Waals surface area contributed by atoms with Crippen LogP contribution in [0.5, 0.6) is 17.2 Å². The molecule has 12 nitrogen and oxygen atoms in total. The van der Waals surface area contributed by atoms with E-state index >= 15 is 0 Å². The molecule has 2 aromatic carbocycles. The summed E-state index contributed by atoms with van der Waals surface area (Å²) in [6, 6.07) is 7.02. The molecule has 1 saturated carbocycles. The lowest BCUT2D eigenvalue weighted by atomic mass is 9.66. The third-order valence-electron chi connectivity index (χ3n) is 11.3. The molecule has 4 atom stereocenters. The van der Waals surface area contributed by atoms with Gasteiger partial charge >= 0.3 is 12.1 Å². The van der Waals surface area contributed by atoms with Crippen molar-refractivity contribution in [3.8, 4) is 17.2 Å². The first kappa shape index (κ1) is 41.0. The highest BCUT2D eigenvalue weighted by atomic mass is 35.5. The van der Waals surface area contributed by atoms with Gasteiger partial charge in [-0.25, -0.2) is 13.5 Å². The number of rotatable bonds is 12. The number of amides is 2. The van der Waals surface area contributed by atoms with E-state index in [1.54, 1.807) is 31.2 Å². The molecular weight excluding hydrogens is 769 g/mol. The summed E-state index contributed by atoms with van der Waals surface area (Å²) in [5.41, 5.74) is -0.445. The third kappa shape index (κ3) is 8.09. The Morgan fingerprint density at radius 3 is 2.52 bits per heavy atom. The van der Waals surface area contributed by atoms with E-state index in [4.69, 9.17) is 30.5 Å². The van der Waals surface area contributed by atoms with Gasteiger partial charge in [0.15, 0.2) is 0 Å². The Labute approximate surface area is 325 Å². The van der Waals surface area contributed by atoms with Gasteiger partial charge in [-0.2, -0.15) is 13.2 Å². The van der Waals surface area contributed by atoms with Gasteiger partial charge in [0.25, 0.3) is 6.43 Å². The number of hydrogen-bond donors (Lipinski definition) is 0. The first-order chi connectivity index (χ1) is 26.6. The summed E-state index contributed by atoms with van der Waals surface area (Å²) in [5.74, 6) is -3.46. The number of ether oxygens (including phenoxy) is 4. The van der Waals surface area contributed by atoms with E-state index in [-0.39, 0.29) is 42.6 Å². The number of halogens is 6. The minimum atomic E-state index is -4.62. The number of likely N-dealkylation sites (tertiary alicyclic amines) is 1. The predicted octanol–water partition coefficient (Wildman–Crippen LogP) is 6.78. The average molecular weight is 812 g/mol. The van der Waals surface area contributed by atoms with E-state index in [9.17, 15) is 36.3 Å². The first-order valence-electron chi connectivity index (χ1n) is 18.2. The molecule has 2 aliphatic heterocycles. The highest BCUT2D eigenvalue weighted by Gasteiger charge is 2.52. The van der Waals surface area contributed by atoms with E-state index in [1.165, 1.54) is 32.2 Å². The maximum absolute atomic E-state index is 14.9. The van der Waals surface area contributed by atoms with Crippen LogP contribution in [0.1, 0.15) is 79.6 Å². The molecule has 0 N–H and O–H groups in total. The molecule has 56 heavy (non-hydrogen) atoms. The monoisotopic (exact) mass is 811 g/mol. The second kappa shape index (κ2) is 16.4. The van der Waals surface area contributed by atoms with Crippen LogP contribution in [0.2, 0.25) is 5.02 Å². The van der Waals surface area contributed by atoms with Crippen LogP contribution >= 0.6 is 11.6 Å². The summed E-state index contributed by atoms with van der Waals surface area (Å²) in [6.07, 6.45) is -6.15. The van der Waals surface area contributed by atoms with Gasteiger partial charge in [-0.3, -0.25) is 14.4 Å². The number of aromatic nitrogens is 3. The quantitative estimate of drug-likeness (QED) is 0.144. The Bertz CT molecular complexity index is 1960. The Morgan fingerprint density at radius 2 is 1.84 bits per heavy atom. The first-order valence-corrected chi connectivity index (χ1v) is 18.6. The number of carbonyl (C=O) groups excluding carboxylic acids is 3. The van der Waals surface area contributed by atoms with Gasteiger partial charge in [0.2, 0.25) is 11.8 Å². The summed E-state index contributed by atoms with van der Waals surface area (Å²) in [6.45, 7) is 0.200. The fourth-order valence-electron chi connectivity index (χ4n) is 8.11. The number of hydrogen-bond acceptors (Lipinski definition) is 9. The molecular formula is C38H43ClF5N5O7. The molecule has 1 saturated heterocycles. The summed E-state index contributed by atoms with van der Waals surface area (Å²) >= 11 is 6.69. The van der Waals surface area contributed by atoms with Crippen molar-refractivity contribution in [1.82, 2.24) is 24.8 Å². The van der Waals surface area contributed by atoms with Crippen molar-refractivity contribution in [3.63, 3.8) is 0 Å². The van der Waals surface area contributed by atoms with E-state index < -0.39 is 78.9 Å². The van der Waals surface area contributed by atoms with Crippen LogP contribution < -0.4 is 14.2 Å². The minimum Gasteiger partial charge on any atom is -0.497 e. The fourth-order valence-corrected chi connectivity index (χ4v) is 8.37. The van der Waals surface area contributed by atoms with Crippen LogP contribution in [0, 0.1) is 17.3 Å². The molecule has 6 rings (SSSR count). The Morgan fingerprint density at radius 1 is 1.07 bits per heavy atom. The number of methoxy groups -OCH3 is 2. The number of carbonyl (C=O) groups is 3. The van der Waals surface area contributed by atoms with Crippen molar-refractivity contribution in [2.45, 2.75) is 77.3 Å². The molecule has 2 fully saturated rings. The largest absolute Gasteiger partial charge is 0.497 e. The lowest BCUT2D eigenvalue weighted by Gasteiger charge is -2.45. The van der Waals surface area contributed by atoms with Crippen LogP contribution in [0.25, 0.3) is 0 Å². The van der Waals surface area contributed by atoms with Gasteiger partial charge in [0.05, 0.1) is 37.5 Å². The standard InChI is InChI=1S/C38H43ClF5N5O7/c1-37(36(52)56-19-21-8-9-23(53-3)16-30(21)54-4)13-6-5-7-25(37)35(51)49-14-12-24-26(39)10-11-29(55-20-27-33(34(40)41)47(2)46-45-27)32(24)28(49)18-48-17-22(15-31(48)50)38(42,43)44/h8-11,16,22,25,28,34H,5-7,12-15,17-20H2,1-4H3/t22?,25-,28+,37-/m0/s1. The van der Waals surface area contributed by atoms with E-state index in [0.29, 0.717) is 53.9 Å². The molecule has 1 aromatic heterocycles. The number of benzene rings is 2. The Balaban J connectivity index is 1.33. The molecule has 0 bridgehead atoms. The van der Waals surface area contributed by atoms with Crippen molar-refractivity contribution >= 4 is 29.4 Å². The molecule has 3 aromatic rings. The summed E-state index contributed by atoms with van der Waals surface area (Å²) < 4.78 is 92.9. The predicted molar refractivity (Wildman–Crippen MR) is 190 cm³/mol. The third-order valence-corrected chi connectivity index (χ3v) is 11.6. The molecule has 3 heterocycles. The molecule has 304 valence electrons. The summed E-state index contributed by atoms with van der Waals surface area (Å²) in [7, 11) is 4.30. The second-order valence-corrected chi connectivity index (χ2v) is 15.0. The second-order valence-electron chi connectivity index (χ2n) is 14.6. The van der Waals surface area contributed by atoms with Crippen molar-refractivity contribution in [3.05, 3.63) is 63.4 Å². The smallest absolute Gasteiger partial charge is 0.394 e. The van der Waals surface area contributed by atoms with Crippen molar-refractivity contribution in [2.24, 2.45) is 24.3 Å². The Hall–Kier alpha value is -4.67. The maximum Gasteiger partial charge on any atom is 0.394 e. The van der Waals surface area contributed by atoms with Crippen LogP contribution in [0.4, 0.5) is 22.0 Å². The maximum atomic E-state index is 14.9. The molecule has 3 aliphatic rings. The molecule has 1 aliphatic carbocycles. The average Bonchev–Trinajstić information content (AvgIpc) is 3.74. The number of nitrogens with zero attached hydrogens (tertiary/aromatic N) is 5. The van der Waals surface area contributed by atoms with Gasteiger partial charge in [-0.15, -0.1) is 5.10 Å². The number of fused-ring (bicyclic) bond motifs is 1. The topological polar surface area (TPSA) is 125 Å². The lowest BCUT2D eigenvalue weighted by Crippen LogP contribution is -2.53. The van der Waals surface area contributed by atoms with E-state index in [2.05, 4.69) is 10.3 Å². The van der Waals surface area contributed by atoms with Crippen molar-refractivity contribution < 1.29 is 55.3 Å². The summed E-state index contributed by atoms with van der Waals surface area (Å²) in [5, 5.41) is 7.78. The van der Waals surface area contributed by atoms with Crippen LogP contribution in [0.15, 0.2) is 30.3 Å². The van der Waals surface area contributed by atoms with Crippen molar-refractivity contribution in [1.29, 1.82) is 0 Å². The minimum absolute atomic E-state index is 0.0643. The molecule has 0 spiro atoms. The van der Waals surface area contributed by atoms with Crippen LogP contribution in [-0.4, -0.2) is 82.6 Å². The van der Waals surface area contributed by atoms with Gasteiger partial charge in [-0.1, -0.05) is 29.7 Å². The SMILES string of the molecule is COc1ccc(COC(=O)[C@@]2(C)CCCC[C@H]2C(=O)N2CCc3c(Cl)ccc(OCc4nnn(C)c4C(F)F)c3[C@H]2CN2CC(C(F)(F)F)CC2=O)c(OC)c1. The van der Waals surface area contributed by atoms with E-state index in [0.717, 1.165) is 9.58 Å². The van der Waals surface area contributed by atoms with Crippen LogP contribution in [-0.2, 0) is 45.8 Å². The zero-order chi connectivity index (χ0) is 40.5. The molecule has 1 unspecified atom stereocenters. The molecule has 0 radical (unpaired) electrons. The number of alkyl halides is 5. The van der Waals surface area contributed by atoms with Crippen LogP contribution in [0.3, 0.4) is 0 Å². The fraction of sp³-hybridized carbons (Fsp3) is 0.553. The Kier molecular flexibility index (Phi) is 12.0. The van der Waals surface area contributed by atoms with Gasteiger partial charge in [0.1, 0.15) is 41.9 Å². The normalized spacial score (nSPS) is 22.6. The van der Waals surface area contributed by atoms with Gasteiger partial charge in [0, 0.05) is 55.3 Å². The van der Waals surface area contributed by atoms with Gasteiger partial charge in [-0.05, 0) is 56.0 Å². The van der Waals surface area contributed by atoms with E-state index in [1.807, 2.05) is 0 Å². The summed E-state index contributed by atoms with van der Waals surface area (Å²) in [4.78, 5) is 44.6. The van der Waals surface area contributed by atoms with Crippen molar-refractivity contribution in [2.75, 3.05) is 33.9 Å².